The second-order valence-corrected chi connectivity index (χ2v) is 6.62. The number of amides is 1. The highest BCUT2D eigenvalue weighted by molar-refractivity contribution is 6.02. The van der Waals surface area contributed by atoms with Crippen LogP contribution in [0, 0.1) is 0 Å². The van der Waals surface area contributed by atoms with Gasteiger partial charge in [-0.25, -0.2) is 0 Å². The number of rotatable bonds is 6. The number of esters is 1. The third-order valence-corrected chi connectivity index (χ3v) is 4.12. The van der Waals surface area contributed by atoms with Gasteiger partial charge in [-0.3, -0.25) is 14.6 Å². The van der Waals surface area contributed by atoms with Gasteiger partial charge < -0.3 is 14.8 Å². The molecule has 3 rings (SSSR count). The van der Waals surface area contributed by atoms with Gasteiger partial charge in [-0.15, -0.1) is 10.2 Å². The molecule has 1 amide bonds. The zero-order valence-electron chi connectivity index (χ0n) is 17.9. The quantitative estimate of drug-likeness (QED) is 0.536. The molecule has 11 heteroatoms. The fraction of sp³-hybridized carbons (Fsp3) is 0.450. The van der Waals surface area contributed by atoms with Gasteiger partial charge in [0.1, 0.15) is 0 Å². The number of morpholine rings is 1. The molecule has 1 unspecified atom stereocenters. The van der Waals surface area contributed by atoms with E-state index >= 15 is 0 Å². The number of nitrogens with zero attached hydrogens (tertiary/aromatic N) is 6. The summed E-state index contributed by atoms with van der Waals surface area (Å²) < 4.78 is 10.0. The Labute approximate surface area is 180 Å². The van der Waals surface area contributed by atoms with E-state index in [1.54, 1.807) is 18.3 Å². The minimum absolute atomic E-state index is 0.0764. The Hall–Kier alpha value is -3.47. The molecule has 0 aliphatic carbocycles. The van der Waals surface area contributed by atoms with Crippen molar-refractivity contribution in [3.05, 3.63) is 41.7 Å². The summed E-state index contributed by atoms with van der Waals surface area (Å²) in [4.78, 5) is 22.1. The average Bonchev–Trinajstić information content (AvgIpc) is 2.80. The molecule has 2 aromatic rings. The Morgan fingerprint density at radius 3 is 2.52 bits per heavy atom. The summed E-state index contributed by atoms with van der Waals surface area (Å²) >= 11 is 0. The normalized spacial score (nSPS) is 14.4. The fourth-order valence-corrected chi connectivity index (χ4v) is 2.33. The van der Waals surface area contributed by atoms with Gasteiger partial charge in [0.05, 0.1) is 44.8 Å². The number of hydrogen-bond donors (Lipinski definition) is 1. The molecule has 11 nitrogen and oxygen atoms in total. The van der Waals surface area contributed by atoms with Crippen molar-refractivity contribution in [3.8, 4) is 0 Å². The number of ether oxygens (including phenoxy) is 2. The number of nitrogens with one attached hydrogen (secondary N) is 1. The predicted molar refractivity (Wildman–Crippen MR) is 114 cm³/mol. The van der Waals surface area contributed by atoms with E-state index in [2.05, 4.69) is 31.0 Å². The molecule has 1 aliphatic rings. The summed E-state index contributed by atoms with van der Waals surface area (Å²) in [6, 6.07) is 7.33. The zero-order valence-corrected chi connectivity index (χ0v) is 17.9. The molecule has 166 valence electrons. The molecule has 1 aliphatic heterocycles. The second kappa shape index (κ2) is 13.0. The monoisotopic (exact) mass is 429 g/mol. The van der Waals surface area contributed by atoms with E-state index in [9.17, 15) is 9.59 Å². The Balaban J connectivity index is 0.000000366. The molecular weight excluding hydrogens is 402 g/mol. The van der Waals surface area contributed by atoms with Crippen molar-refractivity contribution in [3.63, 3.8) is 0 Å². The van der Waals surface area contributed by atoms with Crippen LogP contribution in [0.3, 0.4) is 0 Å². The smallest absolute Gasteiger partial charge is 0.302 e. The highest BCUT2D eigenvalue weighted by Gasteiger charge is 2.09. The first kappa shape index (κ1) is 23.8. The molecule has 2 heterocycles. The minimum atomic E-state index is -0.387. The van der Waals surface area contributed by atoms with E-state index in [1.807, 2.05) is 31.0 Å². The lowest BCUT2D eigenvalue weighted by molar-refractivity contribution is -0.145. The molecule has 1 saturated heterocycles. The summed E-state index contributed by atoms with van der Waals surface area (Å²) in [6.07, 6.45) is 4.01. The number of carbonyl (C=O) groups is 2. The number of hydrogen-bond acceptors (Lipinski definition) is 10. The van der Waals surface area contributed by atoms with Gasteiger partial charge in [0.25, 0.3) is 5.91 Å². The maximum atomic E-state index is 11.9. The maximum Gasteiger partial charge on any atom is 0.302 e. The largest absolute Gasteiger partial charge is 0.463 e. The zero-order chi connectivity index (χ0) is 22.5. The summed E-state index contributed by atoms with van der Waals surface area (Å²) in [5.74, 6) is -0.582. The van der Waals surface area contributed by atoms with E-state index in [4.69, 9.17) is 9.47 Å². The number of carbonyl (C=O) groups excluding carboxylic acids is 2. The number of hydrazone groups is 1. The van der Waals surface area contributed by atoms with E-state index in [1.165, 1.54) is 13.1 Å². The first-order valence-corrected chi connectivity index (χ1v) is 9.94. The minimum Gasteiger partial charge on any atom is -0.463 e. The predicted octanol–water partition coefficient (Wildman–Crippen LogP) is 1.53. The molecule has 1 N–H and O–H groups in total. The molecular formula is C20H27N7O4. The van der Waals surface area contributed by atoms with Crippen molar-refractivity contribution in [2.75, 3.05) is 31.6 Å². The maximum absolute atomic E-state index is 11.9. The summed E-state index contributed by atoms with van der Waals surface area (Å²) in [5, 5.41) is 22.8. The lowest BCUT2D eigenvalue weighted by Gasteiger charge is -2.23. The van der Waals surface area contributed by atoms with Crippen LogP contribution in [0.4, 0.5) is 5.69 Å². The first-order valence-electron chi connectivity index (χ1n) is 9.94. The number of anilines is 1. The van der Waals surface area contributed by atoms with Crippen LogP contribution in [0.15, 0.2) is 35.6 Å². The molecule has 1 fully saturated rings. The molecule has 0 bridgehead atoms. The SMILES string of the molecule is CCC(C)OC(C)=O.O=C(Nc1ccc(C=NN2CCOCC2)cc1)c1cnnnn1. The van der Waals surface area contributed by atoms with Gasteiger partial charge in [-0.05, 0) is 41.5 Å². The van der Waals surface area contributed by atoms with Crippen LogP contribution in [0.2, 0.25) is 0 Å². The Bertz CT molecular complexity index is 840. The number of benzene rings is 1. The van der Waals surface area contributed by atoms with Crippen molar-refractivity contribution in [2.24, 2.45) is 5.10 Å². The van der Waals surface area contributed by atoms with E-state index in [0.717, 1.165) is 25.1 Å². The standard InChI is InChI=1S/C14H15N7O2.C6H12O2/c22-14(13-10-15-19-20-18-13)17-12-3-1-11(2-4-12)9-16-21-5-7-23-8-6-21;1-4-5(2)8-6(3)7/h1-4,9-10H,5-8H2,(H,17,22);5H,4H2,1-3H3. The molecule has 31 heavy (non-hydrogen) atoms. The number of aromatic nitrogens is 4. The Kier molecular flexibility index (Phi) is 9.95. The highest BCUT2D eigenvalue weighted by Crippen LogP contribution is 2.10. The van der Waals surface area contributed by atoms with E-state index in [-0.39, 0.29) is 23.7 Å². The van der Waals surface area contributed by atoms with Gasteiger partial charge in [0.15, 0.2) is 5.69 Å². The molecule has 1 aromatic heterocycles. The molecule has 1 aromatic carbocycles. The van der Waals surface area contributed by atoms with Crippen molar-refractivity contribution in [1.29, 1.82) is 0 Å². The lowest BCUT2D eigenvalue weighted by atomic mass is 10.2. The van der Waals surface area contributed by atoms with Crippen molar-refractivity contribution >= 4 is 23.8 Å². The molecule has 0 saturated carbocycles. The topological polar surface area (TPSA) is 132 Å². The van der Waals surface area contributed by atoms with Gasteiger partial charge >= 0.3 is 5.97 Å². The third-order valence-electron chi connectivity index (χ3n) is 4.12. The van der Waals surface area contributed by atoms with Gasteiger partial charge in [-0.1, -0.05) is 19.1 Å². The Morgan fingerprint density at radius 1 is 1.26 bits per heavy atom. The van der Waals surface area contributed by atoms with Gasteiger partial charge in [0, 0.05) is 12.6 Å². The summed E-state index contributed by atoms with van der Waals surface area (Å²) in [5.41, 5.74) is 1.70. The van der Waals surface area contributed by atoms with Crippen molar-refractivity contribution < 1.29 is 19.1 Å². The average molecular weight is 429 g/mol. The van der Waals surface area contributed by atoms with Crippen molar-refractivity contribution in [1.82, 2.24) is 25.6 Å². The van der Waals surface area contributed by atoms with Gasteiger partial charge in [-0.2, -0.15) is 5.10 Å². The molecule has 0 spiro atoms. The van der Waals surface area contributed by atoms with Crippen LogP contribution < -0.4 is 5.32 Å². The molecule has 1 atom stereocenters. The summed E-state index contributed by atoms with van der Waals surface area (Å²) in [7, 11) is 0. The van der Waals surface area contributed by atoms with Crippen LogP contribution in [0.1, 0.15) is 43.2 Å². The third kappa shape index (κ3) is 9.26. The van der Waals surface area contributed by atoms with Crippen LogP contribution in [-0.4, -0.2) is 76.1 Å². The van der Waals surface area contributed by atoms with Crippen LogP contribution in [0.25, 0.3) is 0 Å². The first-order chi connectivity index (χ1) is 15.0. The van der Waals surface area contributed by atoms with Crippen LogP contribution in [-0.2, 0) is 14.3 Å². The van der Waals surface area contributed by atoms with E-state index < -0.39 is 0 Å². The molecule has 0 radical (unpaired) electrons. The fourth-order valence-electron chi connectivity index (χ4n) is 2.33. The lowest BCUT2D eigenvalue weighted by Crippen LogP contribution is -2.32. The Morgan fingerprint density at radius 2 is 1.97 bits per heavy atom. The van der Waals surface area contributed by atoms with Crippen LogP contribution in [0.5, 0.6) is 0 Å². The van der Waals surface area contributed by atoms with Gasteiger partial charge in [0.2, 0.25) is 0 Å². The highest BCUT2D eigenvalue weighted by atomic mass is 16.5. The van der Waals surface area contributed by atoms with Crippen molar-refractivity contribution in [2.45, 2.75) is 33.3 Å². The summed E-state index contributed by atoms with van der Waals surface area (Å²) in [6.45, 7) is 8.28. The second-order valence-electron chi connectivity index (χ2n) is 6.62. The van der Waals surface area contributed by atoms with E-state index in [0.29, 0.717) is 18.9 Å². The van der Waals surface area contributed by atoms with Crippen LogP contribution >= 0.6 is 0 Å².